The summed E-state index contributed by atoms with van der Waals surface area (Å²) in [6.45, 7) is 3.98. The Morgan fingerprint density at radius 3 is 1.91 bits per heavy atom. The predicted molar refractivity (Wildman–Crippen MR) is 129 cm³/mol. The fraction of sp³-hybridized carbons (Fsp3) is 0.375. The van der Waals surface area contributed by atoms with Gasteiger partial charge in [0.15, 0.2) is 0 Å². The average Bonchev–Trinajstić information content (AvgIpc) is 2.78. The first kappa shape index (κ1) is 27.2. The van der Waals surface area contributed by atoms with E-state index >= 15 is 0 Å². The van der Waals surface area contributed by atoms with Gasteiger partial charge >= 0.3 is 13.2 Å². The molecule has 0 aliphatic heterocycles. The highest BCUT2D eigenvalue weighted by atomic mass is 31.2. The summed E-state index contributed by atoms with van der Waals surface area (Å²) in [7, 11) is -5.06. The number of carbonyl (C=O) groups is 3. The van der Waals surface area contributed by atoms with Gasteiger partial charge in [0.2, 0.25) is 11.8 Å². The fourth-order valence-electron chi connectivity index (χ4n) is 3.37. The molecule has 0 bridgehead atoms. The zero-order valence-corrected chi connectivity index (χ0v) is 20.2. The Morgan fingerprint density at radius 2 is 1.38 bits per heavy atom. The number of nitrogens with one attached hydrogen (secondary N) is 3. The van der Waals surface area contributed by atoms with Crippen molar-refractivity contribution in [3.8, 4) is 0 Å². The second kappa shape index (κ2) is 13.0. The second-order valence-corrected chi connectivity index (χ2v) is 9.95. The SMILES string of the molecule is CC(C)CC(NC(=O)P(=O)(O)O)C(=O)NC(Cc1ccccc1)C(=O)NCCc1ccccc1. The van der Waals surface area contributed by atoms with Gasteiger partial charge in [-0.2, -0.15) is 0 Å². The maximum absolute atomic E-state index is 13.0. The lowest BCUT2D eigenvalue weighted by Crippen LogP contribution is -2.54. The normalized spacial score (nSPS) is 13.1. The summed E-state index contributed by atoms with van der Waals surface area (Å²) in [5.74, 6) is -1.13. The third-order valence-electron chi connectivity index (χ3n) is 5.06. The Labute approximate surface area is 199 Å². The first-order chi connectivity index (χ1) is 16.1. The Kier molecular flexibility index (Phi) is 10.4. The molecule has 3 amide bonds. The summed E-state index contributed by atoms with van der Waals surface area (Å²) in [5, 5.41) is 7.61. The third kappa shape index (κ3) is 9.47. The van der Waals surface area contributed by atoms with Crippen LogP contribution in [0.3, 0.4) is 0 Å². The van der Waals surface area contributed by atoms with E-state index in [0.29, 0.717) is 13.0 Å². The molecule has 2 aromatic rings. The van der Waals surface area contributed by atoms with Crippen LogP contribution in [0.5, 0.6) is 0 Å². The highest BCUT2D eigenvalue weighted by Gasteiger charge is 2.33. The van der Waals surface area contributed by atoms with E-state index in [9.17, 15) is 18.9 Å². The molecule has 34 heavy (non-hydrogen) atoms. The molecule has 0 aromatic heterocycles. The van der Waals surface area contributed by atoms with Crippen molar-refractivity contribution >= 4 is 25.1 Å². The van der Waals surface area contributed by atoms with E-state index in [1.807, 2.05) is 74.5 Å². The predicted octanol–water partition coefficient (Wildman–Crippen LogP) is 2.37. The molecule has 184 valence electrons. The number of hydrogen-bond acceptors (Lipinski definition) is 4. The van der Waals surface area contributed by atoms with Crippen molar-refractivity contribution < 1.29 is 28.7 Å². The zero-order chi connectivity index (χ0) is 25.1. The van der Waals surface area contributed by atoms with Crippen molar-refractivity contribution in [3.05, 3.63) is 71.8 Å². The van der Waals surface area contributed by atoms with E-state index in [4.69, 9.17) is 9.79 Å². The molecule has 0 heterocycles. The smallest absolute Gasteiger partial charge is 0.354 e. The van der Waals surface area contributed by atoms with Crippen LogP contribution < -0.4 is 16.0 Å². The summed E-state index contributed by atoms with van der Waals surface area (Å²) < 4.78 is 11.3. The van der Waals surface area contributed by atoms with Gasteiger partial charge in [0.05, 0.1) is 0 Å². The molecule has 0 aliphatic rings. The van der Waals surface area contributed by atoms with Crippen LogP contribution in [0.25, 0.3) is 0 Å². The van der Waals surface area contributed by atoms with Crippen molar-refractivity contribution in [2.24, 2.45) is 5.92 Å². The lowest BCUT2D eigenvalue weighted by atomic mass is 10.0. The molecule has 2 atom stereocenters. The first-order valence-electron chi connectivity index (χ1n) is 11.1. The Morgan fingerprint density at radius 1 is 0.824 bits per heavy atom. The zero-order valence-electron chi connectivity index (χ0n) is 19.3. The van der Waals surface area contributed by atoms with Crippen LogP contribution in [0.4, 0.5) is 4.79 Å². The molecule has 2 unspecified atom stereocenters. The molecule has 9 nitrogen and oxygen atoms in total. The van der Waals surface area contributed by atoms with Crippen LogP contribution in [-0.4, -0.2) is 45.9 Å². The van der Waals surface area contributed by atoms with Gasteiger partial charge in [-0.3, -0.25) is 14.4 Å². The van der Waals surface area contributed by atoms with Crippen LogP contribution in [0.15, 0.2) is 60.7 Å². The van der Waals surface area contributed by atoms with Crippen LogP contribution in [0, 0.1) is 5.92 Å². The van der Waals surface area contributed by atoms with Crippen LogP contribution in [-0.2, 0) is 27.0 Å². The quantitative estimate of drug-likeness (QED) is 0.290. The lowest BCUT2D eigenvalue weighted by Gasteiger charge is -2.24. The second-order valence-electron chi connectivity index (χ2n) is 8.45. The van der Waals surface area contributed by atoms with Gasteiger partial charge in [-0.15, -0.1) is 0 Å². The fourth-order valence-corrected chi connectivity index (χ4v) is 3.69. The van der Waals surface area contributed by atoms with E-state index < -0.39 is 37.1 Å². The molecule has 0 saturated carbocycles. The molecule has 0 saturated heterocycles. The van der Waals surface area contributed by atoms with Gasteiger partial charge in [0, 0.05) is 13.0 Å². The van der Waals surface area contributed by atoms with E-state index in [2.05, 4.69) is 16.0 Å². The highest BCUT2D eigenvalue weighted by molar-refractivity contribution is 7.69. The van der Waals surface area contributed by atoms with Crippen molar-refractivity contribution in [1.29, 1.82) is 0 Å². The Balaban J connectivity index is 2.12. The lowest BCUT2D eigenvalue weighted by molar-refractivity contribution is -0.130. The topological polar surface area (TPSA) is 145 Å². The number of rotatable bonds is 12. The monoisotopic (exact) mass is 489 g/mol. The van der Waals surface area contributed by atoms with Gasteiger partial charge in [0.25, 0.3) is 0 Å². The number of amides is 3. The summed E-state index contributed by atoms with van der Waals surface area (Å²) in [6, 6.07) is 16.7. The molecular formula is C24H32N3O6P. The molecular weight excluding hydrogens is 457 g/mol. The highest BCUT2D eigenvalue weighted by Crippen LogP contribution is 2.35. The number of hydrogen-bond donors (Lipinski definition) is 5. The summed E-state index contributed by atoms with van der Waals surface area (Å²) >= 11 is 0. The van der Waals surface area contributed by atoms with Crippen LogP contribution in [0.2, 0.25) is 0 Å². The molecule has 0 radical (unpaired) electrons. The maximum Gasteiger partial charge on any atom is 0.413 e. The molecule has 2 aromatic carbocycles. The van der Waals surface area contributed by atoms with Crippen molar-refractivity contribution in [1.82, 2.24) is 16.0 Å². The van der Waals surface area contributed by atoms with Gasteiger partial charge in [0.1, 0.15) is 12.1 Å². The standard InChI is InChI=1S/C24H32N3O6P/c1-17(2)15-20(27-24(30)34(31,32)33)23(29)26-21(16-19-11-7-4-8-12-19)22(28)25-14-13-18-9-5-3-6-10-18/h3-12,17,20-21H,13-16H2,1-2H3,(H,25,28)(H,26,29)(H,27,30)(H2,31,32,33). The van der Waals surface area contributed by atoms with Crippen LogP contribution in [0.1, 0.15) is 31.4 Å². The maximum atomic E-state index is 13.0. The molecule has 0 fully saturated rings. The van der Waals surface area contributed by atoms with E-state index in [1.54, 1.807) is 0 Å². The van der Waals surface area contributed by atoms with Gasteiger partial charge in [-0.05, 0) is 29.9 Å². The van der Waals surface area contributed by atoms with Gasteiger partial charge < -0.3 is 25.7 Å². The number of carbonyl (C=O) groups excluding carboxylic acids is 3. The minimum Gasteiger partial charge on any atom is -0.354 e. The van der Waals surface area contributed by atoms with E-state index in [1.165, 1.54) is 0 Å². The average molecular weight is 490 g/mol. The Hall–Kier alpha value is -3.00. The molecule has 0 spiro atoms. The number of benzene rings is 2. The summed E-state index contributed by atoms with van der Waals surface area (Å²) in [5.41, 5.74) is 0.356. The summed E-state index contributed by atoms with van der Waals surface area (Å²) in [4.78, 5) is 56.0. The Bertz CT molecular complexity index is 994. The van der Waals surface area contributed by atoms with Crippen LogP contribution >= 0.6 is 7.60 Å². The van der Waals surface area contributed by atoms with Gasteiger partial charge in [-0.1, -0.05) is 74.5 Å². The summed E-state index contributed by atoms with van der Waals surface area (Å²) in [6.07, 6.45) is 0.975. The molecule has 10 heteroatoms. The minimum absolute atomic E-state index is 0.0555. The third-order valence-corrected chi connectivity index (χ3v) is 5.72. The van der Waals surface area contributed by atoms with E-state index in [-0.39, 0.29) is 18.8 Å². The van der Waals surface area contributed by atoms with Crippen molar-refractivity contribution in [3.63, 3.8) is 0 Å². The molecule has 5 N–H and O–H groups in total. The van der Waals surface area contributed by atoms with Crippen molar-refractivity contribution in [2.45, 2.75) is 45.2 Å². The molecule has 2 rings (SSSR count). The van der Waals surface area contributed by atoms with E-state index in [0.717, 1.165) is 11.1 Å². The minimum atomic E-state index is -5.06. The largest absolute Gasteiger partial charge is 0.413 e. The first-order valence-corrected chi connectivity index (χ1v) is 12.7. The molecule has 0 aliphatic carbocycles. The van der Waals surface area contributed by atoms with Crippen molar-refractivity contribution in [2.75, 3.05) is 6.54 Å². The van der Waals surface area contributed by atoms with Gasteiger partial charge in [-0.25, -0.2) is 4.57 Å².